The van der Waals surface area contributed by atoms with Crippen LogP contribution in [0.4, 0.5) is 8.78 Å². The van der Waals surface area contributed by atoms with Crippen molar-refractivity contribution < 1.29 is 18.3 Å². The quantitative estimate of drug-likeness (QED) is 0.871. The van der Waals surface area contributed by atoms with Crippen molar-refractivity contribution in [1.82, 2.24) is 5.32 Å². The fourth-order valence-electron chi connectivity index (χ4n) is 3.58. The molecule has 0 aliphatic carbocycles. The summed E-state index contributed by atoms with van der Waals surface area (Å²) in [4.78, 5) is 12.5. The number of halogens is 2. The van der Waals surface area contributed by atoms with Crippen LogP contribution in [-0.4, -0.2) is 25.0 Å². The highest BCUT2D eigenvalue weighted by molar-refractivity contribution is 5.98. The fourth-order valence-corrected chi connectivity index (χ4v) is 3.58. The largest absolute Gasteiger partial charge is 0.494 e. The van der Waals surface area contributed by atoms with Gasteiger partial charge in [0, 0.05) is 18.0 Å². The summed E-state index contributed by atoms with van der Waals surface area (Å²) in [5.74, 6) is -2.86. The molecule has 2 aliphatic heterocycles. The summed E-state index contributed by atoms with van der Waals surface area (Å²) in [5.41, 5.74) is -0.154. The Morgan fingerprint density at radius 1 is 1.19 bits per heavy atom. The molecule has 2 heterocycles. The Balaban J connectivity index is 1.84. The summed E-state index contributed by atoms with van der Waals surface area (Å²) in [5, 5.41) is 3.49. The maximum Gasteiger partial charge on any atom is 0.201 e. The summed E-state index contributed by atoms with van der Waals surface area (Å²) in [6.45, 7) is 0. The Kier molecular flexibility index (Phi) is 3.93. The van der Waals surface area contributed by atoms with Crippen molar-refractivity contribution in [1.29, 1.82) is 0 Å². The summed E-state index contributed by atoms with van der Waals surface area (Å²) in [6.07, 6.45) is 4.71. The molecule has 0 aromatic heterocycles. The number of hydrogen-bond donors (Lipinski definition) is 1. The molecular formula is C16H19F2NO2. The van der Waals surface area contributed by atoms with Crippen molar-refractivity contribution in [3.05, 3.63) is 29.3 Å². The zero-order valence-corrected chi connectivity index (χ0v) is 12.0. The van der Waals surface area contributed by atoms with Gasteiger partial charge in [-0.15, -0.1) is 0 Å². The van der Waals surface area contributed by atoms with Gasteiger partial charge in [0.25, 0.3) is 0 Å². The Labute approximate surface area is 122 Å². The normalized spacial score (nSPS) is 28.2. The Bertz CT molecular complexity index is 549. The number of Topliss-reactive ketones (excluding diaryl/α,β-unsaturated/α-hetero) is 1. The monoisotopic (exact) mass is 295 g/mol. The predicted molar refractivity (Wildman–Crippen MR) is 74.5 cm³/mol. The number of piperidine rings is 2. The SMILES string of the molecule is COc1ccc(C(=O)C2CC3CCCC(C2)N3)c(F)c1F. The molecule has 2 unspecified atom stereocenters. The molecule has 0 spiro atoms. The standard InChI is InChI=1S/C16H19F2NO2/c1-21-13-6-5-12(14(17)15(13)18)16(20)9-7-10-3-2-4-11(8-9)19-10/h5-6,9-11,19H,2-4,7-8H2,1H3. The Morgan fingerprint density at radius 3 is 2.48 bits per heavy atom. The van der Waals surface area contributed by atoms with E-state index >= 15 is 0 Å². The number of carbonyl (C=O) groups is 1. The van der Waals surface area contributed by atoms with Crippen LogP contribution in [0.3, 0.4) is 0 Å². The van der Waals surface area contributed by atoms with Gasteiger partial charge in [0.1, 0.15) is 0 Å². The first-order chi connectivity index (χ1) is 10.1. The van der Waals surface area contributed by atoms with Gasteiger partial charge in [0.05, 0.1) is 12.7 Å². The van der Waals surface area contributed by atoms with Gasteiger partial charge >= 0.3 is 0 Å². The minimum Gasteiger partial charge on any atom is -0.494 e. The zero-order valence-electron chi connectivity index (χ0n) is 12.0. The highest BCUT2D eigenvalue weighted by Crippen LogP contribution is 2.33. The van der Waals surface area contributed by atoms with E-state index in [0.717, 1.165) is 12.8 Å². The number of hydrogen-bond acceptors (Lipinski definition) is 3. The van der Waals surface area contributed by atoms with Gasteiger partial charge in [-0.1, -0.05) is 6.42 Å². The summed E-state index contributed by atoms with van der Waals surface area (Å²) < 4.78 is 32.5. The van der Waals surface area contributed by atoms with E-state index in [2.05, 4.69) is 5.32 Å². The van der Waals surface area contributed by atoms with Crippen molar-refractivity contribution in [3.8, 4) is 5.75 Å². The molecular weight excluding hydrogens is 276 g/mol. The maximum absolute atomic E-state index is 14.1. The third-order valence-electron chi connectivity index (χ3n) is 4.62. The first-order valence-corrected chi connectivity index (χ1v) is 7.42. The molecule has 3 nitrogen and oxygen atoms in total. The lowest BCUT2D eigenvalue weighted by atomic mass is 9.77. The van der Waals surface area contributed by atoms with E-state index in [0.29, 0.717) is 24.9 Å². The molecule has 2 aliphatic rings. The van der Waals surface area contributed by atoms with Crippen molar-refractivity contribution in [2.75, 3.05) is 7.11 Å². The molecule has 21 heavy (non-hydrogen) atoms. The van der Waals surface area contributed by atoms with E-state index < -0.39 is 11.6 Å². The van der Waals surface area contributed by atoms with Crippen LogP contribution in [0.15, 0.2) is 12.1 Å². The molecule has 0 saturated carbocycles. The van der Waals surface area contributed by atoms with Crippen molar-refractivity contribution >= 4 is 5.78 Å². The van der Waals surface area contributed by atoms with Crippen LogP contribution in [0.5, 0.6) is 5.75 Å². The molecule has 1 aromatic carbocycles. The number of ketones is 1. The van der Waals surface area contributed by atoms with Gasteiger partial charge in [-0.05, 0) is 37.8 Å². The average molecular weight is 295 g/mol. The predicted octanol–water partition coefficient (Wildman–Crippen LogP) is 3.08. The van der Waals surface area contributed by atoms with Crippen LogP contribution in [0.2, 0.25) is 0 Å². The molecule has 5 heteroatoms. The molecule has 114 valence electrons. The second-order valence-corrected chi connectivity index (χ2v) is 5.97. The van der Waals surface area contributed by atoms with Crippen molar-refractivity contribution in [3.63, 3.8) is 0 Å². The highest BCUT2D eigenvalue weighted by Gasteiger charge is 2.36. The van der Waals surface area contributed by atoms with Gasteiger partial charge < -0.3 is 10.1 Å². The number of fused-ring (bicyclic) bond motifs is 2. The average Bonchev–Trinajstić information content (AvgIpc) is 2.49. The summed E-state index contributed by atoms with van der Waals surface area (Å²) in [7, 11) is 1.27. The highest BCUT2D eigenvalue weighted by atomic mass is 19.2. The van der Waals surface area contributed by atoms with E-state index in [1.165, 1.54) is 25.7 Å². The third-order valence-corrected chi connectivity index (χ3v) is 4.62. The van der Waals surface area contributed by atoms with E-state index in [-0.39, 0.29) is 23.0 Å². The number of nitrogens with one attached hydrogen (secondary N) is 1. The van der Waals surface area contributed by atoms with Crippen LogP contribution >= 0.6 is 0 Å². The topological polar surface area (TPSA) is 38.3 Å². The minimum absolute atomic E-state index is 0.154. The molecule has 1 aromatic rings. The lowest BCUT2D eigenvalue weighted by molar-refractivity contribution is 0.0819. The van der Waals surface area contributed by atoms with Crippen LogP contribution in [0.1, 0.15) is 42.5 Å². The summed E-state index contributed by atoms with van der Waals surface area (Å²) >= 11 is 0. The first-order valence-electron chi connectivity index (χ1n) is 7.42. The fraction of sp³-hybridized carbons (Fsp3) is 0.562. The van der Waals surface area contributed by atoms with Crippen LogP contribution in [0.25, 0.3) is 0 Å². The summed E-state index contributed by atoms with van der Waals surface area (Å²) in [6, 6.07) is 3.31. The molecule has 2 bridgehead atoms. The number of benzene rings is 1. The van der Waals surface area contributed by atoms with E-state index in [1.54, 1.807) is 0 Å². The second kappa shape index (κ2) is 5.72. The van der Waals surface area contributed by atoms with Crippen LogP contribution in [0, 0.1) is 17.6 Å². The molecule has 0 radical (unpaired) electrons. The molecule has 1 N–H and O–H groups in total. The minimum atomic E-state index is -1.09. The van der Waals surface area contributed by atoms with Gasteiger partial charge in [-0.3, -0.25) is 4.79 Å². The smallest absolute Gasteiger partial charge is 0.201 e. The number of rotatable bonds is 3. The molecule has 2 saturated heterocycles. The molecule has 2 atom stereocenters. The lowest BCUT2D eigenvalue weighted by Gasteiger charge is -2.39. The van der Waals surface area contributed by atoms with Gasteiger partial charge in [0.15, 0.2) is 17.3 Å². The van der Waals surface area contributed by atoms with Gasteiger partial charge in [-0.25, -0.2) is 4.39 Å². The molecule has 0 amide bonds. The Hall–Kier alpha value is -1.49. The molecule has 3 rings (SSSR count). The molecule has 2 fully saturated rings. The second-order valence-electron chi connectivity index (χ2n) is 5.97. The van der Waals surface area contributed by atoms with Crippen LogP contribution in [-0.2, 0) is 0 Å². The third kappa shape index (κ3) is 2.67. The maximum atomic E-state index is 14.1. The number of carbonyl (C=O) groups excluding carboxylic acids is 1. The van der Waals surface area contributed by atoms with E-state index in [9.17, 15) is 13.6 Å². The van der Waals surface area contributed by atoms with E-state index in [1.807, 2.05) is 0 Å². The van der Waals surface area contributed by atoms with Gasteiger partial charge in [-0.2, -0.15) is 4.39 Å². The van der Waals surface area contributed by atoms with E-state index in [4.69, 9.17) is 4.74 Å². The Morgan fingerprint density at radius 2 is 1.86 bits per heavy atom. The lowest BCUT2D eigenvalue weighted by Crippen LogP contribution is -2.50. The van der Waals surface area contributed by atoms with Crippen LogP contribution < -0.4 is 10.1 Å². The zero-order chi connectivity index (χ0) is 15.0. The van der Waals surface area contributed by atoms with Gasteiger partial charge in [0.2, 0.25) is 5.82 Å². The van der Waals surface area contributed by atoms with Crippen molar-refractivity contribution in [2.45, 2.75) is 44.2 Å². The first kappa shape index (κ1) is 14.4. The van der Waals surface area contributed by atoms with Crippen molar-refractivity contribution in [2.24, 2.45) is 5.92 Å². The number of methoxy groups -OCH3 is 1. The number of ether oxygens (including phenoxy) is 1.